The van der Waals surface area contributed by atoms with Gasteiger partial charge in [-0.25, -0.2) is 8.42 Å². The molecule has 186 valence electrons. The molecule has 11 heteroatoms. The molecular formula is C23H28Cl3N3O4S. The molecule has 0 heterocycles. The molecule has 1 atom stereocenters. The summed E-state index contributed by atoms with van der Waals surface area (Å²) in [6, 6.07) is 10.3. The maximum atomic E-state index is 13.5. The molecule has 0 bridgehead atoms. The SMILES string of the molecule is CC(C)CNC(=O)C(C)N(Cc1cccc(Cl)c1)C(=O)CN(c1ccc(Cl)cc1Cl)S(C)(=O)=O. The van der Waals surface area contributed by atoms with Crippen LogP contribution >= 0.6 is 34.8 Å². The average molecular weight is 549 g/mol. The smallest absolute Gasteiger partial charge is 0.244 e. The van der Waals surface area contributed by atoms with Gasteiger partial charge >= 0.3 is 0 Å². The van der Waals surface area contributed by atoms with Crippen LogP contribution in [0.25, 0.3) is 0 Å². The number of anilines is 1. The van der Waals surface area contributed by atoms with Crippen LogP contribution < -0.4 is 9.62 Å². The summed E-state index contributed by atoms with van der Waals surface area (Å²) in [5, 5.41) is 3.70. The number of hydrogen-bond acceptors (Lipinski definition) is 4. The fourth-order valence-electron chi connectivity index (χ4n) is 3.15. The van der Waals surface area contributed by atoms with E-state index in [0.717, 1.165) is 10.6 Å². The quantitative estimate of drug-likeness (QED) is 0.470. The van der Waals surface area contributed by atoms with Crippen LogP contribution in [0, 0.1) is 5.92 Å². The predicted octanol–water partition coefficient (Wildman–Crippen LogP) is 4.60. The van der Waals surface area contributed by atoms with Gasteiger partial charge in [-0.2, -0.15) is 0 Å². The molecule has 0 spiro atoms. The Labute approximate surface area is 216 Å². The third-order valence-electron chi connectivity index (χ3n) is 4.95. The van der Waals surface area contributed by atoms with Crippen LogP contribution in [0.3, 0.4) is 0 Å². The standard InChI is InChI=1S/C23H28Cl3N3O4S/c1-15(2)12-27-23(31)16(3)28(13-17-6-5-7-18(24)10-17)22(30)14-29(34(4,32)33)21-9-8-19(25)11-20(21)26/h5-11,15-16H,12-14H2,1-4H3,(H,27,31). The van der Waals surface area contributed by atoms with Crippen molar-refractivity contribution in [2.24, 2.45) is 5.92 Å². The van der Waals surface area contributed by atoms with Crippen molar-refractivity contribution >= 4 is 62.3 Å². The Bertz CT molecular complexity index is 1140. The predicted molar refractivity (Wildman–Crippen MR) is 138 cm³/mol. The van der Waals surface area contributed by atoms with E-state index in [9.17, 15) is 18.0 Å². The number of nitrogens with zero attached hydrogens (tertiary/aromatic N) is 2. The van der Waals surface area contributed by atoms with Gasteiger partial charge in [-0.15, -0.1) is 0 Å². The normalized spacial score (nSPS) is 12.4. The van der Waals surface area contributed by atoms with Crippen molar-refractivity contribution in [1.82, 2.24) is 10.2 Å². The molecule has 2 aromatic rings. The number of halogens is 3. The first-order valence-electron chi connectivity index (χ1n) is 10.5. The van der Waals surface area contributed by atoms with E-state index in [0.29, 0.717) is 22.2 Å². The molecule has 0 saturated carbocycles. The van der Waals surface area contributed by atoms with Crippen LogP contribution in [0.5, 0.6) is 0 Å². The first-order valence-corrected chi connectivity index (χ1v) is 13.5. The number of rotatable bonds is 10. The third kappa shape index (κ3) is 8.05. The van der Waals surface area contributed by atoms with Crippen LogP contribution in [0.1, 0.15) is 26.3 Å². The molecule has 0 radical (unpaired) electrons. The molecule has 7 nitrogen and oxygen atoms in total. The lowest BCUT2D eigenvalue weighted by atomic mass is 10.1. The second-order valence-electron chi connectivity index (χ2n) is 8.33. The summed E-state index contributed by atoms with van der Waals surface area (Å²) in [6.07, 6.45) is 0.977. The lowest BCUT2D eigenvalue weighted by Crippen LogP contribution is -2.51. The van der Waals surface area contributed by atoms with Crippen molar-refractivity contribution in [2.45, 2.75) is 33.4 Å². The van der Waals surface area contributed by atoms with E-state index >= 15 is 0 Å². The van der Waals surface area contributed by atoms with E-state index < -0.39 is 28.5 Å². The topological polar surface area (TPSA) is 86.8 Å². The molecule has 2 rings (SSSR count). The van der Waals surface area contributed by atoms with Gasteiger partial charge in [0.25, 0.3) is 0 Å². The van der Waals surface area contributed by atoms with Crippen LogP contribution in [-0.4, -0.2) is 50.5 Å². The number of amides is 2. The molecule has 2 amide bonds. The van der Waals surface area contributed by atoms with Gasteiger partial charge < -0.3 is 10.2 Å². The van der Waals surface area contributed by atoms with Crippen LogP contribution in [0.15, 0.2) is 42.5 Å². The van der Waals surface area contributed by atoms with E-state index in [1.807, 2.05) is 13.8 Å². The zero-order valence-electron chi connectivity index (χ0n) is 19.4. The number of hydrogen-bond donors (Lipinski definition) is 1. The van der Waals surface area contributed by atoms with Crippen LogP contribution in [0.2, 0.25) is 15.1 Å². The molecule has 0 saturated heterocycles. The zero-order chi connectivity index (χ0) is 25.6. The molecule has 0 aliphatic heterocycles. The van der Waals surface area contributed by atoms with Crippen molar-refractivity contribution < 1.29 is 18.0 Å². The fraction of sp³-hybridized carbons (Fsp3) is 0.391. The fourth-order valence-corrected chi connectivity index (χ4v) is 4.78. The second kappa shape index (κ2) is 12.1. The Hall–Kier alpha value is -2.00. The molecule has 0 fully saturated rings. The largest absolute Gasteiger partial charge is 0.354 e. The summed E-state index contributed by atoms with van der Waals surface area (Å²) in [5.74, 6) is -0.705. The van der Waals surface area contributed by atoms with E-state index in [-0.39, 0.29) is 29.1 Å². The van der Waals surface area contributed by atoms with Gasteiger partial charge in [-0.3, -0.25) is 13.9 Å². The highest BCUT2D eigenvalue weighted by Crippen LogP contribution is 2.30. The van der Waals surface area contributed by atoms with E-state index in [1.54, 1.807) is 31.2 Å². The first kappa shape index (κ1) is 28.2. The summed E-state index contributed by atoms with van der Waals surface area (Å²) in [4.78, 5) is 27.6. The summed E-state index contributed by atoms with van der Waals surface area (Å²) in [6.45, 7) is 5.46. The summed E-state index contributed by atoms with van der Waals surface area (Å²) >= 11 is 18.3. The molecule has 0 aliphatic carbocycles. The molecule has 1 N–H and O–H groups in total. The van der Waals surface area contributed by atoms with Gasteiger partial charge in [-0.05, 0) is 48.7 Å². The minimum absolute atomic E-state index is 0.0572. The van der Waals surface area contributed by atoms with E-state index in [4.69, 9.17) is 34.8 Å². The first-order chi connectivity index (χ1) is 15.8. The van der Waals surface area contributed by atoms with Crippen molar-refractivity contribution in [1.29, 1.82) is 0 Å². The third-order valence-corrected chi connectivity index (χ3v) is 6.85. The van der Waals surface area contributed by atoms with Crippen molar-refractivity contribution in [3.05, 3.63) is 63.1 Å². The minimum Gasteiger partial charge on any atom is -0.354 e. The van der Waals surface area contributed by atoms with Gasteiger partial charge in [0, 0.05) is 23.1 Å². The minimum atomic E-state index is -3.89. The van der Waals surface area contributed by atoms with Crippen molar-refractivity contribution in [3.63, 3.8) is 0 Å². The number of sulfonamides is 1. The Morgan fingerprint density at radius 2 is 1.65 bits per heavy atom. The molecule has 0 aromatic heterocycles. The Kier molecular flexibility index (Phi) is 10.1. The number of carbonyl (C=O) groups excluding carboxylic acids is 2. The van der Waals surface area contributed by atoms with Crippen molar-refractivity contribution in [2.75, 3.05) is 23.7 Å². The molecule has 1 unspecified atom stereocenters. The maximum absolute atomic E-state index is 13.5. The Morgan fingerprint density at radius 3 is 2.21 bits per heavy atom. The van der Waals surface area contributed by atoms with Crippen LogP contribution in [0.4, 0.5) is 5.69 Å². The van der Waals surface area contributed by atoms with Gasteiger partial charge in [0.1, 0.15) is 12.6 Å². The summed E-state index contributed by atoms with van der Waals surface area (Å²) < 4.78 is 26.1. The van der Waals surface area contributed by atoms with E-state index in [2.05, 4.69) is 5.32 Å². The van der Waals surface area contributed by atoms with Gasteiger partial charge in [0.05, 0.1) is 17.0 Å². The lowest BCUT2D eigenvalue weighted by Gasteiger charge is -2.32. The molecular weight excluding hydrogens is 521 g/mol. The number of benzene rings is 2. The van der Waals surface area contributed by atoms with Gasteiger partial charge in [-0.1, -0.05) is 60.8 Å². The Morgan fingerprint density at radius 1 is 1.00 bits per heavy atom. The summed E-state index contributed by atoms with van der Waals surface area (Å²) in [5.41, 5.74) is 0.807. The highest BCUT2D eigenvalue weighted by Gasteiger charge is 2.30. The monoisotopic (exact) mass is 547 g/mol. The highest BCUT2D eigenvalue weighted by molar-refractivity contribution is 7.92. The average Bonchev–Trinajstić information content (AvgIpc) is 2.73. The number of carbonyl (C=O) groups is 2. The lowest BCUT2D eigenvalue weighted by molar-refractivity contribution is -0.139. The molecule has 0 aliphatic rings. The zero-order valence-corrected chi connectivity index (χ0v) is 22.5. The highest BCUT2D eigenvalue weighted by atomic mass is 35.5. The van der Waals surface area contributed by atoms with Crippen molar-refractivity contribution in [3.8, 4) is 0 Å². The maximum Gasteiger partial charge on any atom is 0.244 e. The number of nitrogens with one attached hydrogen (secondary N) is 1. The second-order valence-corrected chi connectivity index (χ2v) is 11.5. The van der Waals surface area contributed by atoms with Gasteiger partial charge in [0.2, 0.25) is 21.8 Å². The Balaban J connectivity index is 2.40. The van der Waals surface area contributed by atoms with Crippen LogP contribution in [-0.2, 0) is 26.2 Å². The summed E-state index contributed by atoms with van der Waals surface area (Å²) in [7, 11) is -3.89. The molecule has 34 heavy (non-hydrogen) atoms. The van der Waals surface area contributed by atoms with E-state index in [1.165, 1.54) is 23.1 Å². The van der Waals surface area contributed by atoms with Gasteiger partial charge in [0.15, 0.2) is 0 Å². The molecule has 2 aromatic carbocycles.